The van der Waals surface area contributed by atoms with Gasteiger partial charge in [0.2, 0.25) is 0 Å². The number of hydrogen-bond acceptors (Lipinski definition) is 5. The van der Waals surface area contributed by atoms with Crippen LogP contribution in [0.5, 0.6) is 5.75 Å². The first-order chi connectivity index (χ1) is 17.6. The first-order valence-corrected chi connectivity index (χ1v) is 12.3. The summed E-state index contributed by atoms with van der Waals surface area (Å²) >= 11 is 0. The Hall–Kier alpha value is -3.64. The van der Waals surface area contributed by atoms with Crippen LogP contribution in [0.1, 0.15) is 28.4 Å². The minimum Gasteiger partial charge on any atom is -0.487 e. The molecule has 5 heteroatoms. The van der Waals surface area contributed by atoms with Crippen molar-refractivity contribution in [2.24, 2.45) is 0 Å². The fourth-order valence-corrected chi connectivity index (χ4v) is 4.32. The molecule has 186 valence electrons. The van der Waals surface area contributed by atoms with Crippen LogP contribution in [0, 0.1) is 0 Å². The SMILES string of the molecule is Nc1cc([C@@H](O)CN(Cc2ccccc2)[C@H](CO)Cc2ccccc2)ccc1OCc1ccccc1. The molecule has 5 nitrogen and oxygen atoms in total. The van der Waals surface area contributed by atoms with Gasteiger partial charge in [-0.05, 0) is 40.8 Å². The van der Waals surface area contributed by atoms with E-state index in [4.69, 9.17) is 10.5 Å². The quantitative estimate of drug-likeness (QED) is 0.248. The van der Waals surface area contributed by atoms with Gasteiger partial charge in [0, 0.05) is 19.1 Å². The molecule has 0 spiro atoms. The molecule has 0 bridgehead atoms. The van der Waals surface area contributed by atoms with E-state index in [9.17, 15) is 10.2 Å². The van der Waals surface area contributed by atoms with Gasteiger partial charge in [-0.25, -0.2) is 0 Å². The van der Waals surface area contributed by atoms with Crippen LogP contribution in [0.3, 0.4) is 0 Å². The van der Waals surface area contributed by atoms with Crippen LogP contribution in [0.2, 0.25) is 0 Å². The normalized spacial score (nSPS) is 12.9. The summed E-state index contributed by atoms with van der Waals surface area (Å²) in [6, 6.07) is 35.5. The van der Waals surface area contributed by atoms with E-state index < -0.39 is 6.10 Å². The molecule has 0 aliphatic heterocycles. The van der Waals surface area contributed by atoms with Gasteiger partial charge in [-0.1, -0.05) is 97.1 Å². The van der Waals surface area contributed by atoms with Gasteiger partial charge in [0.25, 0.3) is 0 Å². The number of nitrogens with two attached hydrogens (primary N) is 1. The van der Waals surface area contributed by atoms with Crippen molar-refractivity contribution < 1.29 is 14.9 Å². The minimum atomic E-state index is -0.774. The molecule has 0 saturated heterocycles. The van der Waals surface area contributed by atoms with E-state index in [1.54, 1.807) is 6.07 Å². The highest BCUT2D eigenvalue weighted by molar-refractivity contribution is 5.54. The first-order valence-electron chi connectivity index (χ1n) is 12.3. The van der Waals surface area contributed by atoms with Gasteiger partial charge in [0.1, 0.15) is 12.4 Å². The van der Waals surface area contributed by atoms with E-state index in [1.165, 1.54) is 0 Å². The number of ether oxygens (including phenoxy) is 1. The monoisotopic (exact) mass is 482 g/mol. The number of benzene rings is 4. The second-order valence-electron chi connectivity index (χ2n) is 9.03. The van der Waals surface area contributed by atoms with Gasteiger partial charge in [0.15, 0.2) is 0 Å². The third kappa shape index (κ3) is 7.18. The molecule has 0 heterocycles. The number of rotatable bonds is 12. The molecule has 4 N–H and O–H groups in total. The molecule has 4 aromatic rings. The lowest BCUT2D eigenvalue weighted by molar-refractivity contribution is 0.0566. The summed E-state index contributed by atoms with van der Waals surface area (Å²) in [6.45, 7) is 1.39. The van der Waals surface area contributed by atoms with Crippen LogP contribution in [0.25, 0.3) is 0 Å². The molecular weight excluding hydrogens is 448 g/mol. The van der Waals surface area contributed by atoms with E-state index in [2.05, 4.69) is 29.2 Å². The maximum Gasteiger partial charge on any atom is 0.142 e. The lowest BCUT2D eigenvalue weighted by Gasteiger charge is -2.32. The van der Waals surface area contributed by atoms with E-state index in [1.807, 2.05) is 78.9 Å². The van der Waals surface area contributed by atoms with Crippen LogP contribution in [0.4, 0.5) is 5.69 Å². The molecule has 0 aromatic heterocycles. The van der Waals surface area contributed by atoms with Gasteiger partial charge >= 0.3 is 0 Å². The van der Waals surface area contributed by atoms with Crippen molar-refractivity contribution in [3.8, 4) is 5.75 Å². The van der Waals surface area contributed by atoms with Crippen LogP contribution >= 0.6 is 0 Å². The minimum absolute atomic E-state index is 0.0111. The van der Waals surface area contributed by atoms with Crippen LogP contribution in [-0.2, 0) is 19.6 Å². The Balaban J connectivity index is 1.47. The molecular formula is C31H34N2O3. The number of nitrogens with zero attached hydrogens (tertiary/aromatic N) is 1. The second kappa shape index (κ2) is 12.9. The summed E-state index contributed by atoms with van der Waals surface area (Å²) in [5.74, 6) is 0.591. The highest BCUT2D eigenvalue weighted by Gasteiger charge is 2.23. The molecule has 36 heavy (non-hydrogen) atoms. The zero-order valence-electron chi connectivity index (χ0n) is 20.4. The molecule has 0 radical (unpaired) electrons. The first kappa shape index (κ1) is 25.5. The van der Waals surface area contributed by atoms with Crippen molar-refractivity contribution >= 4 is 5.69 Å². The number of aliphatic hydroxyl groups excluding tert-OH is 2. The molecule has 4 aromatic carbocycles. The molecule has 0 aliphatic rings. The van der Waals surface area contributed by atoms with Crippen LogP contribution in [-0.4, -0.2) is 34.3 Å². The summed E-state index contributed by atoms with van der Waals surface area (Å²) in [4.78, 5) is 2.14. The van der Waals surface area contributed by atoms with Crippen molar-refractivity contribution in [3.05, 3.63) is 131 Å². The van der Waals surface area contributed by atoms with Gasteiger partial charge < -0.3 is 20.7 Å². The highest BCUT2D eigenvalue weighted by Crippen LogP contribution is 2.28. The number of hydrogen-bond donors (Lipinski definition) is 3. The van der Waals surface area contributed by atoms with Crippen LogP contribution < -0.4 is 10.5 Å². The molecule has 0 aliphatic carbocycles. The van der Waals surface area contributed by atoms with Gasteiger partial charge in [-0.2, -0.15) is 0 Å². The average Bonchev–Trinajstić information content (AvgIpc) is 2.92. The Bertz CT molecular complexity index is 1190. The summed E-state index contributed by atoms with van der Waals surface area (Å²) in [6.07, 6.45) is -0.0883. The summed E-state index contributed by atoms with van der Waals surface area (Å²) in [7, 11) is 0. The largest absolute Gasteiger partial charge is 0.487 e. The summed E-state index contributed by atoms with van der Waals surface area (Å²) in [5, 5.41) is 21.5. The molecule has 0 fully saturated rings. The molecule has 4 rings (SSSR count). The molecule has 0 saturated carbocycles. The van der Waals surface area contributed by atoms with Gasteiger partial charge in [-0.15, -0.1) is 0 Å². The maximum atomic E-state index is 11.2. The maximum absolute atomic E-state index is 11.2. The average molecular weight is 483 g/mol. The molecule has 0 amide bonds. The van der Waals surface area contributed by atoms with E-state index in [-0.39, 0.29) is 12.6 Å². The van der Waals surface area contributed by atoms with Gasteiger partial charge in [0.05, 0.1) is 18.4 Å². The Morgan fingerprint density at radius 1 is 0.750 bits per heavy atom. The zero-order valence-corrected chi connectivity index (χ0v) is 20.4. The van der Waals surface area contributed by atoms with E-state index >= 15 is 0 Å². The Kier molecular flexibility index (Phi) is 9.11. The van der Waals surface area contributed by atoms with Crippen molar-refractivity contribution in [3.63, 3.8) is 0 Å². The fourth-order valence-electron chi connectivity index (χ4n) is 4.32. The lowest BCUT2D eigenvalue weighted by Crippen LogP contribution is -2.41. The van der Waals surface area contributed by atoms with Gasteiger partial charge in [-0.3, -0.25) is 4.90 Å². The number of aliphatic hydroxyl groups is 2. The highest BCUT2D eigenvalue weighted by atomic mass is 16.5. The third-order valence-corrected chi connectivity index (χ3v) is 6.33. The lowest BCUT2D eigenvalue weighted by atomic mass is 10.0. The number of anilines is 1. The fraction of sp³-hybridized carbons (Fsp3) is 0.226. The predicted octanol–water partition coefficient (Wildman–Crippen LogP) is 4.99. The third-order valence-electron chi connectivity index (χ3n) is 6.33. The van der Waals surface area contributed by atoms with Crippen molar-refractivity contribution in [2.45, 2.75) is 31.7 Å². The standard InChI is InChI=1S/C31H34N2O3/c32-29-19-27(16-17-31(29)36-23-26-14-8-3-9-15-26)30(35)21-33(20-25-12-6-2-7-13-25)28(22-34)18-24-10-4-1-5-11-24/h1-17,19,28,30,34-35H,18,20-23,32H2/t28-,30-/m0/s1. The van der Waals surface area contributed by atoms with E-state index in [0.717, 1.165) is 16.7 Å². The predicted molar refractivity (Wildman–Crippen MR) is 144 cm³/mol. The topological polar surface area (TPSA) is 79.0 Å². The Morgan fingerprint density at radius 3 is 1.92 bits per heavy atom. The Labute approximate surface area is 213 Å². The zero-order chi connectivity index (χ0) is 25.2. The Morgan fingerprint density at radius 2 is 1.33 bits per heavy atom. The van der Waals surface area contributed by atoms with Crippen molar-refractivity contribution in [2.75, 3.05) is 18.9 Å². The smallest absolute Gasteiger partial charge is 0.142 e. The summed E-state index contributed by atoms with van der Waals surface area (Å²) < 4.78 is 5.89. The molecule has 2 atom stereocenters. The van der Waals surface area contributed by atoms with Crippen molar-refractivity contribution in [1.29, 1.82) is 0 Å². The van der Waals surface area contributed by atoms with Crippen molar-refractivity contribution in [1.82, 2.24) is 4.90 Å². The molecule has 0 unspecified atom stereocenters. The number of nitrogen functional groups attached to an aromatic ring is 1. The van der Waals surface area contributed by atoms with E-state index in [0.29, 0.717) is 43.1 Å². The second-order valence-corrected chi connectivity index (χ2v) is 9.03. The summed E-state index contributed by atoms with van der Waals surface area (Å²) in [5.41, 5.74) is 10.8. The van der Waals surface area contributed by atoms with Crippen LogP contribution in [0.15, 0.2) is 109 Å².